The first-order chi connectivity index (χ1) is 8.43. The second-order valence-electron chi connectivity index (χ2n) is 4.69. The molecule has 1 N–H and O–H groups in total. The SMILES string of the molecule is Cc1cc(C#N)ccc1N(C)CC(=O)NC(C)C. The highest BCUT2D eigenvalue weighted by molar-refractivity contribution is 5.81. The van der Waals surface area contributed by atoms with Crippen molar-refractivity contribution in [2.24, 2.45) is 0 Å². The van der Waals surface area contributed by atoms with Crippen LogP contribution in [-0.2, 0) is 4.79 Å². The summed E-state index contributed by atoms with van der Waals surface area (Å²) in [6.07, 6.45) is 0. The minimum Gasteiger partial charge on any atom is -0.365 e. The third-order valence-corrected chi connectivity index (χ3v) is 2.57. The molecule has 0 bridgehead atoms. The summed E-state index contributed by atoms with van der Waals surface area (Å²) >= 11 is 0. The Kier molecular flexibility index (Phi) is 4.73. The van der Waals surface area contributed by atoms with Crippen molar-refractivity contribution in [1.29, 1.82) is 5.26 Å². The molecule has 96 valence electrons. The highest BCUT2D eigenvalue weighted by atomic mass is 16.2. The van der Waals surface area contributed by atoms with E-state index in [1.165, 1.54) is 0 Å². The van der Waals surface area contributed by atoms with Gasteiger partial charge in [0.05, 0.1) is 18.2 Å². The Bertz CT molecular complexity index is 474. The molecule has 0 radical (unpaired) electrons. The highest BCUT2D eigenvalue weighted by Crippen LogP contribution is 2.19. The summed E-state index contributed by atoms with van der Waals surface area (Å²) in [5.74, 6) is -0.00346. The fourth-order valence-electron chi connectivity index (χ4n) is 1.82. The van der Waals surface area contributed by atoms with Crippen molar-refractivity contribution in [3.05, 3.63) is 29.3 Å². The van der Waals surface area contributed by atoms with E-state index in [1.807, 2.05) is 44.9 Å². The monoisotopic (exact) mass is 245 g/mol. The zero-order chi connectivity index (χ0) is 13.7. The fraction of sp³-hybridized carbons (Fsp3) is 0.429. The maximum absolute atomic E-state index is 11.7. The molecule has 4 heteroatoms. The van der Waals surface area contributed by atoms with E-state index >= 15 is 0 Å². The number of anilines is 1. The van der Waals surface area contributed by atoms with Gasteiger partial charge in [0.25, 0.3) is 0 Å². The number of carbonyl (C=O) groups is 1. The van der Waals surface area contributed by atoms with Crippen molar-refractivity contribution in [3.8, 4) is 6.07 Å². The normalized spacial score (nSPS) is 10.0. The van der Waals surface area contributed by atoms with Crippen LogP contribution in [0.2, 0.25) is 0 Å². The highest BCUT2D eigenvalue weighted by Gasteiger charge is 2.10. The van der Waals surface area contributed by atoms with Gasteiger partial charge in [-0.3, -0.25) is 4.79 Å². The van der Waals surface area contributed by atoms with Gasteiger partial charge in [0, 0.05) is 18.8 Å². The average molecular weight is 245 g/mol. The van der Waals surface area contributed by atoms with Gasteiger partial charge in [0.15, 0.2) is 0 Å². The minimum atomic E-state index is -0.00346. The predicted molar refractivity (Wildman–Crippen MR) is 72.4 cm³/mol. The number of rotatable bonds is 4. The van der Waals surface area contributed by atoms with Crippen LogP contribution in [0.25, 0.3) is 0 Å². The van der Waals surface area contributed by atoms with Gasteiger partial charge in [-0.05, 0) is 44.5 Å². The maximum atomic E-state index is 11.7. The van der Waals surface area contributed by atoms with E-state index in [-0.39, 0.29) is 11.9 Å². The number of aryl methyl sites for hydroxylation is 1. The number of nitrogens with one attached hydrogen (secondary N) is 1. The maximum Gasteiger partial charge on any atom is 0.239 e. The van der Waals surface area contributed by atoms with Crippen molar-refractivity contribution >= 4 is 11.6 Å². The molecule has 0 aliphatic heterocycles. The Labute approximate surface area is 108 Å². The number of nitrogens with zero attached hydrogens (tertiary/aromatic N) is 2. The summed E-state index contributed by atoms with van der Waals surface area (Å²) in [7, 11) is 1.87. The molecule has 0 aliphatic carbocycles. The van der Waals surface area contributed by atoms with Crippen LogP contribution in [0.4, 0.5) is 5.69 Å². The van der Waals surface area contributed by atoms with Crippen LogP contribution >= 0.6 is 0 Å². The van der Waals surface area contributed by atoms with Crippen molar-refractivity contribution in [2.45, 2.75) is 26.8 Å². The van der Waals surface area contributed by atoms with E-state index in [9.17, 15) is 4.79 Å². The van der Waals surface area contributed by atoms with Crippen LogP contribution in [0.1, 0.15) is 25.0 Å². The number of carbonyl (C=O) groups excluding carboxylic acids is 1. The molecule has 0 aromatic heterocycles. The zero-order valence-electron chi connectivity index (χ0n) is 11.3. The largest absolute Gasteiger partial charge is 0.365 e. The van der Waals surface area contributed by atoms with E-state index < -0.39 is 0 Å². The molecule has 0 atom stereocenters. The molecule has 0 fully saturated rings. The molecule has 0 heterocycles. The summed E-state index contributed by atoms with van der Waals surface area (Å²) in [5.41, 5.74) is 2.60. The zero-order valence-corrected chi connectivity index (χ0v) is 11.3. The first-order valence-electron chi connectivity index (χ1n) is 5.95. The van der Waals surface area contributed by atoms with E-state index in [0.717, 1.165) is 11.3 Å². The lowest BCUT2D eigenvalue weighted by Crippen LogP contribution is -2.38. The van der Waals surface area contributed by atoms with Crippen LogP contribution in [0.5, 0.6) is 0 Å². The molecule has 0 aliphatic rings. The fourth-order valence-corrected chi connectivity index (χ4v) is 1.82. The number of hydrogen-bond acceptors (Lipinski definition) is 3. The Balaban J connectivity index is 2.76. The molecule has 18 heavy (non-hydrogen) atoms. The van der Waals surface area contributed by atoms with Gasteiger partial charge in [-0.25, -0.2) is 0 Å². The summed E-state index contributed by atoms with van der Waals surface area (Å²) in [4.78, 5) is 13.5. The van der Waals surface area contributed by atoms with Gasteiger partial charge in [0.1, 0.15) is 0 Å². The van der Waals surface area contributed by atoms with Crippen LogP contribution in [0.3, 0.4) is 0 Å². The van der Waals surface area contributed by atoms with Crippen molar-refractivity contribution in [1.82, 2.24) is 5.32 Å². The quantitative estimate of drug-likeness (QED) is 0.880. The first-order valence-corrected chi connectivity index (χ1v) is 5.95. The van der Waals surface area contributed by atoms with Crippen LogP contribution in [-0.4, -0.2) is 25.5 Å². The third-order valence-electron chi connectivity index (χ3n) is 2.57. The number of nitriles is 1. The van der Waals surface area contributed by atoms with Crippen molar-refractivity contribution < 1.29 is 4.79 Å². The minimum absolute atomic E-state index is 0.00346. The van der Waals surface area contributed by atoms with Crippen LogP contribution in [0, 0.1) is 18.3 Å². The third kappa shape index (κ3) is 3.77. The second kappa shape index (κ2) is 6.06. The van der Waals surface area contributed by atoms with Gasteiger partial charge in [-0.1, -0.05) is 0 Å². The van der Waals surface area contributed by atoms with Crippen molar-refractivity contribution in [2.75, 3.05) is 18.5 Å². The lowest BCUT2D eigenvalue weighted by atomic mass is 10.1. The Morgan fingerprint density at radius 3 is 2.67 bits per heavy atom. The molecular weight excluding hydrogens is 226 g/mol. The summed E-state index contributed by atoms with van der Waals surface area (Å²) in [6.45, 7) is 6.12. The van der Waals surface area contributed by atoms with Gasteiger partial charge in [-0.15, -0.1) is 0 Å². The predicted octanol–water partition coefficient (Wildman–Crippen LogP) is 1.83. The Morgan fingerprint density at radius 2 is 2.17 bits per heavy atom. The van der Waals surface area contributed by atoms with E-state index in [4.69, 9.17) is 5.26 Å². The molecular formula is C14H19N3O. The number of benzene rings is 1. The van der Waals surface area contributed by atoms with E-state index in [2.05, 4.69) is 11.4 Å². The van der Waals surface area contributed by atoms with Gasteiger partial charge < -0.3 is 10.2 Å². The van der Waals surface area contributed by atoms with Crippen LogP contribution < -0.4 is 10.2 Å². The topological polar surface area (TPSA) is 56.1 Å². The van der Waals surface area contributed by atoms with Crippen molar-refractivity contribution in [3.63, 3.8) is 0 Å². The van der Waals surface area contributed by atoms with Crippen LogP contribution in [0.15, 0.2) is 18.2 Å². The lowest BCUT2D eigenvalue weighted by molar-refractivity contribution is -0.120. The van der Waals surface area contributed by atoms with Gasteiger partial charge in [-0.2, -0.15) is 5.26 Å². The smallest absolute Gasteiger partial charge is 0.239 e. The number of hydrogen-bond donors (Lipinski definition) is 1. The molecule has 4 nitrogen and oxygen atoms in total. The van der Waals surface area contributed by atoms with E-state index in [1.54, 1.807) is 6.07 Å². The summed E-state index contributed by atoms with van der Waals surface area (Å²) in [6, 6.07) is 7.71. The molecule has 1 amide bonds. The molecule has 0 spiro atoms. The number of likely N-dealkylation sites (N-methyl/N-ethyl adjacent to an activating group) is 1. The first kappa shape index (κ1) is 14.0. The van der Waals surface area contributed by atoms with E-state index in [0.29, 0.717) is 12.1 Å². The molecule has 1 rings (SSSR count). The molecule has 0 saturated heterocycles. The van der Waals surface area contributed by atoms with Gasteiger partial charge >= 0.3 is 0 Å². The molecule has 0 saturated carbocycles. The standard InChI is InChI=1S/C14H19N3O/c1-10(2)16-14(18)9-17(4)13-6-5-12(8-15)7-11(13)3/h5-7,10H,9H2,1-4H3,(H,16,18). The second-order valence-corrected chi connectivity index (χ2v) is 4.69. The summed E-state index contributed by atoms with van der Waals surface area (Å²) < 4.78 is 0. The average Bonchev–Trinajstić information content (AvgIpc) is 2.27. The van der Waals surface area contributed by atoms with Gasteiger partial charge in [0.2, 0.25) is 5.91 Å². The molecule has 1 aromatic rings. The Hall–Kier alpha value is -2.02. The molecule has 0 unspecified atom stereocenters. The number of amides is 1. The summed E-state index contributed by atoms with van der Waals surface area (Å²) in [5, 5.41) is 11.7. The molecule has 1 aromatic carbocycles. The lowest BCUT2D eigenvalue weighted by Gasteiger charge is -2.21. The Morgan fingerprint density at radius 1 is 1.50 bits per heavy atom.